The number of pyridine rings is 1. The van der Waals surface area contributed by atoms with E-state index in [0.29, 0.717) is 17.1 Å². The molecule has 4 rings (SSSR count). The molecule has 0 aliphatic carbocycles. The van der Waals surface area contributed by atoms with Crippen LogP contribution in [0.2, 0.25) is 5.02 Å². The number of aromatic nitrogens is 2. The first kappa shape index (κ1) is 25.8. The molecule has 0 fully saturated rings. The number of hydrogen-bond donors (Lipinski definition) is 3. The second-order valence-electron chi connectivity index (χ2n) is 7.94. The molecule has 2 heterocycles. The van der Waals surface area contributed by atoms with Gasteiger partial charge in [-0.25, -0.2) is 0 Å². The van der Waals surface area contributed by atoms with Gasteiger partial charge in [-0.1, -0.05) is 23.7 Å². The zero-order chi connectivity index (χ0) is 26.6. The quantitative estimate of drug-likeness (QED) is 0.264. The minimum absolute atomic E-state index is 0.0313. The molecule has 0 unspecified atom stereocenters. The van der Waals surface area contributed by atoms with E-state index in [9.17, 15) is 22.8 Å². The van der Waals surface area contributed by atoms with Crippen molar-refractivity contribution in [2.75, 3.05) is 12.4 Å². The van der Waals surface area contributed by atoms with Crippen LogP contribution in [0.15, 0.2) is 73.1 Å². The van der Waals surface area contributed by atoms with Gasteiger partial charge >= 0.3 is 6.18 Å². The lowest BCUT2D eigenvalue weighted by atomic mass is 10.1. The predicted octanol–water partition coefficient (Wildman–Crippen LogP) is 6.24. The molecule has 0 aliphatic rings. The molecular formula is C26H20ClF3N4O3. The van der Waals surface area contributed by atoms with Crippen molar-refractivity contribution in [1.29, 1.82) is 0 Å². The summed E-state index contributed by atoms with van der Waals surface area (Å²) in [4.78, 5) is 31.4. The summed E-state index contributed by atoms with van der Waals surface area (Å²) in [6.45, 7) is 0. The summed E-state index contributed by atoms with van der Waals surface area (Å²) in [5.41, 5.74) is 1.90. The highest BCUT2D eigenvalue weighted by molar-refractivity contribution is 6.31. The highest BCUT2D eigenvalue weighted by atomic mass is 35.5. The van der Waals surface area contributed by atoms with Crippen LogP contribution in [0.25, 0.3) is 11.1 Å². The summed E-state index contributed by atoms with van der Waals surface area (Å²) < 4.78 is 44.2. The van der Waals surface area contributed by atoms with Crippen LogP contribution in [0.5, 0.6) is 11.5 Å². The van der Waals surface area contributed by atoms with E-state index >= 15 is 0 Å². The van der Waals surface area contributed by atoms with E-state index in [4.69, 9.17) is 16.3 Å². The molecule has 0 bridgehead atoms. The largest absolute Gasteiger partial charge is 0.457 e. The Labute approximate surface area is 214 Å². The Kier molecular flexibility index (Phi) is 7.49. The standard InChI is InChI=1S/C26H20ClF3N4O3/c1-31-24(35)23-12-20(7-8-32-23)37-19-4-2-3-15(10-19)17-11-22(33-14-17)25(36)34-18-5-6-21(27)16(9-18)13-26(28,29)30/h2-12,14,33H,13H2,1H3,(H,31,35)(H,34,36). The van der Waals surface area contributed by atoms with Crippen LogP contribution in [0, 0.1) is 0 Å². The van der Waals surface area contributed by atoms with E-state index in [1.54, 1.807) is 36.5 Å². The van der Waals surface area contributed by atoms with E-state index in [-0.39, 0.29) is 33.6 Å². The van der Waals surface area contributed by atoms with Crippen molar-refractivity contribution < 1.29 is 27.5 Å². The second kappa shape index (κ2) is 10.8. The first-order valence-electron chi connectivity index (χ1n) is 10.9. The van der Waals surface area contributed by atoms with E-state index in [0.717, 1.165) is 5.56 Å². The number of carbonyl (C=O) groups is 2. The van der Waals surface area contributed by atoms with Gasteiger partial charge in [-0.05, 0) is 53.6 Å². The molecule has 4 aromatic rings. The lowest BCUT2D eigenvalue weighted by molar-refractivity contribution is -0.127. The number of alkyl halides is 3. The summed E-state index contributed by atoms with van der Waals surface area (Å²) >= 11 is 5.87. The fourth-order valence-corrected chi connectivity index (χ4v) is 3.68. The second-order valence-corrected chi connectivity index (χ2v) is 8.35. The fourth-order valence-electron chi connectivity index (χ4n) is 3.50. The van der Waals surface area contributed by atoms with E-state index in [1.165, 1.54) is 37.5 Å². The van der Waals surface area contributed by atoms with Gasteiger partial charge in [0.05, 0.1) is 6.42 Å². The molecule has 0 atom stereocenters. The highest BCUT2D eigenvalue weighted by Crippen LogP contribution is 2.30. The summed E-state index contributed by atoms with van der Waals surface area (Å²) in [6.07, 6.45) is -2.54. The first-order chi connectivity index (χ1) is 17.6. The van der Waals surface area contributed by atoms with Gasteiger partial charge < -0.3 is 20.4 Å². The molecule has 190 valence electrons. The Morgan fingerprint density at radius 1 is 1.00 bits per heavy atom. The average molecular weight is 529 g/mol. The smallest absolute Gasteiger partial charge is 0.393 e. The third kappa shape index (κ3) is 6.68. The van der Waals surface area contributed by atoms with Crippen LogP contribution < -0.4 is 15.4 Å². The number of anilines is 1. The SMILES string of the molecule is CNC(=O)c1cc(Oc2cccc(-c3c[nH]c(C(=O)Nc4ccc(Cl)c(CC(F)(F)F)c4)c3)c2)ccn1. The zero-order valence-electron chi connectivity index (χ0n) is 19.3. The van der Waals surface area contributed by atoms with Gasteiger partial charge in [-0.15, -0.1) is 0 Å². The van der Waals surface area contributed by atoms with Crippen LogP contribution in [0.3, 0.4) is 0 Å². The van der Waals surface area contributed by atoms with Crippen molar-refractivity contribution >= 4 is 29.1 Å². The van der Waals surface area contributed by atoms with E-state index in [1.807, 2.05) is 6.07 Å². The van der Waals surface area contributed by atoms with Crippen molar-refractivity contribution in [2.45, 2.75) is 12.6 Å². The molecular weight excluding hydrogens is 509 g/mol. The van der Waals surface area contributed by atoms with Crippen molar-refractivity contribution in [2.24, 2.45) is 0 Å². The van der Waals surface area contributed by atoms with Crippen LogP contribution >= 0.6 is 11.6 Å². The number of H-pyrrole nitrogens is 1. The van der Waals surface area contributed by atoms with Crippen LogP contribution in [-0.2, 0) is 6.42 Å². The van der Waals surface area contributed by atoms with Crippen molar-refractivity contribution in [1.82, 2.24) is 15.3 Å². The van der Waals surface area contributed by atoms with Gasteiger partial charge in [-0.2, -0.15) is 13.2 Å². The lowest BCUT2D eigenvalue weighted by Gasteiger charge is -2.11. The molecule has 3 N–H and O–H groups in total. The molecule has 0 aliphatic heterocycles. The molecule has 2 amide bonds. The van der Waals surface area contributed by atoms with Crippen molar-refractivity contribution in [3.63, 3.8) is 0 Å². The van der Waals surface area contributed by atoms with Crippen LogP contribution in [0.4, 0.5) is 18.9 Å². The number of hydrogen-bond acceptors (Lipinski definition) is 4. The summed E-state index contributed by atoms with van der Waals surface area (Å²) in [7, 11) is 1.51. The van der Waals surface area contributed by atoms with E-state index < -0.39 is 18.5 Å². The number of nitrogens with one attached hydrogen (secondary N) is 3. The number of halogens is 4. The van der Waals surface area contributed by atoms with E-state index in [2.05, 4.69) is 20.6 Å². The zero-order valence-corrected chi connectivity index (χ0v) is 20.1. The number of aromatic amines is 1. The minimum atomic E-state index is -4.43. The highest BCUT2D eigenvalue weighted by Gasteiger charge is 2.29. The summed E-state index contributed by atoms with van der Waals surface area (Å²) in [6, 6.07) is 15.8. The number of ether oxygens (including phenoxy) is 1. The van der Waals surface area contributed by atoms with Crippen LogP contribution in [0.1, 0.15) is 26.5 Å². The number of benzene rings is 2. The maximum atomic E-state index is 12.8. The van der Waals surface area contributed by atoms with Gasteiger partial charge in [-0.3, -0.25) is 14.6 Å². The topological polar surface area (TPSA) is 96.1 Å². The van der Waals surface area contributed by atoms with Gasteiger partial charge in [0.25, 0.3) is 11.8 Å². The summed E-state index contributed by atoms with van der Waals surface area (Å²) in [5, 5.41) is 5.05. The number of nitrogens with zero attached hydrogens (tertiary/aromatic N) is 1. The molecule has 2 aromatic heterocycles. The average Bonchev–Trinajstić information content (AvgIpc) is 3.36. The summed E-state index contributed by atoms with van der Waals surface area (Å²) in [5.74, 6) is 0.0508. The van der Waals surface area contributed by atoms with Crippen molar-refractivity contribution in [3.05, 3.63) is 95.0 Å². The van der Waals surface area contributed by atoms with Gasteiger partial charge in [0, 0.05) is 41.8 Å². The number of amides is 2. The van der Waals surface area contributed by atoms with Crippen molar-refractivity contribution in [3.8, 4) is 22.6 Å². The minimum Gasteiger partial charge on any atom is -0.457 e. The Balaban J connectivity index is 1.48. The molecule has 0 spiro atoms. The maximum Gasteiger partial charge on any atom is 0.393 e. The molecule has 11 heteroatoms. The molecule has 37 heavy (non-hydrogen) atoms. The number of carbonyl (C=O) groups excluding carboxylic acids is 2. The normalized spacial score (nSPS) is 11.2. The third-order valence-electron chi connectivity index (χ3n) is 5.22. The molecule has 0 saturated carbocycles. The van der Waals surface area contributed by atoms with Gasteiger partial charge in [0.15, 0.2) is 0 Å². The Hall–Kier alpha value is -4.31. The Morgan fingerprint density at radius 3 is 2.54 bits per heavy atom. The Morgan fingerprint density at radius 2 is 1.78 bits per heavy atom. The third-order valence-corrected chi connectivity index (χ3v) is 5.59. The first-order valence-corrected chi connectivity index (χ1v) is 11.3. The molecule has 7 nitrogen and oxygen atoms in total. The lowest BCUT2D eigenvalue weighted by Crippen LogP contribution is -2.18. The molecule has 2 aromatic carbocycles. The Bertz CT molecular complexity index is 1450. The maximum absolute atomic E-state index is 12.8. The van der Waals surface area contributed by atoms with Gasteiger partial charge in [0.1, 0.15) is 22.9 Å². The monoisotopic (exact) mass is 528 g/mol. The molecule has 0 saturated heterocycles. The fraction of sp³-hybridized carbons (Fsp3) is 0.115. The molecule has 0 radical (unpaired) electrons. The predicted molar refractivity (Wildman–Crippen MR) is 133 cm³/mol. The van der Waals surface area contributed by atoms with Gasteiger partial charge in [0.2, 0.25) is 0 Å². The van der Waals surface area contributed by atoms with Crippen LogP contribution in [-0.4, -0.2) is 35.0 Å². The number of rotatable bonds is 7.